The molecule has 0 radical (unpaired) electrons. The van der Waals surface area contributed by atoms with Crippen LogP contribution in [0.25, 0.3) is 0 Å². The maximum Gasteiger partial charge on any atom is 0.329 e. The number of rotatable bonds is 1. The number of nitrogens with one attached hydrogen (secondary N) is 1. The molecule has 1 fully saturated rings. The van der Waals surface area contributed by atoms with E-state index in [4.69, 9.17) is 0 Å². The van der Waals surface area contributed by atoms with E-state index in [1.54, 1.807) is 0 Å². The number of imide groups is 2. The lowest BCUT2D eigenvalue weighted by Crippen LogP contribution is -2.30. The first-order valence-corrected chi connectivity index (χ1v) is 5.58. The highest BCUT2D eigenvalue weighted by molar-refractivity contribution is 6.23. The molecular weight excluding hydrogens is 250 g/mol. The highest BCUT2D eigenvalue weighted by Gasteiger charge is 2.35. The van der Waals surface area contributed by atoms with Gasteiger partial charge >= 0.3 is 6.03 Å². The lowest BCUT2D eigenvalue weighted by Gasteiger charge is -2.12. The van der Waals surface area contributed by atoms with Gasteiger partial charge < -0.3 is 5.32 Å². The standard InChI is InChI=1S/C12H9N3O4/c1-14-10(17)7-3-2-6(4-8(7)11(14)18)15-9(16)5-13-12(15)19/h2-4H,5H2,1H3,(H,13,19). The zero-order valence-corrected chi connectivity index (χ0v) is 9.97. The zero-order valence-electron chi connectivity index (χ0n) is 9.97. The van der Waals surface area contributed by atoms with Crippen molar-refractivity contribution in [2.45, 2.75) is 0 Å². The summed E-state index contributed by atoms with van der Waals surface area (Å²) in [4.78, 5) is 48.6. The average Bonchev–Trinajstić information content (AvgIpc) is 2.84. The first kappa shape index (κ1) is 11.4. The number of nitrogens with zero attached hydrogens (tertiary/aromatic N) is 2. The topological polar surface area (TPSA) is 86.8 Å². The number of fused-ring (bicyclic) bond motifs is 1. The Kier molecular flexibility index (Phi) is 2.19. The number of carbonyl (C=O) groups is 4. The SMILES string of the molecule is CN1C(=O)c2ccc(N3C(=O)CNC3=O)cc2C1=O. The van der Waals surface area contributed by atoms with Crippen LogP contribution >= 0.6 is 0 Å². The van der Waals surface area contributed by atoms with Crippen LogP contribution in [-0.2, 0) is 4.79 Å². The molecule has 2 aliphatic heterocycles. The van der Waals surface area contributed by atoms with Gasteiger partial charge in [-0.25, -0.2) is 9.69 Å². The number of anilines is 1. The number of hydrogen-bond donors (Lipinski definition) is 1. The van der Waals surface area contributed by atoms with Crippen LogP contribution in [0.15, 0.2) is 18.2 Å². The van der Waals surface area contributed by atoms with Gasteiger partial charge in [-0.05, 0) is 18.2 Å². The third-order valence-electron chi connectivity index (χ3n) is 3.17. The van der Waals surface area contributed by atoms with Gasteiger partial charge in [0, 0.05) is 7.05 Å². The summed E-state index contributed by atoms with van der Waals surface area (Å²) >= 11 is 0. The van der Waals surface area contributed by atoms with Crippen LogP contribution < -0.4 is 10.2 Å². The Morgan fingerprint density at radius 1 is 1.05 bits per heavy atom. The lowest BCUT2D eigenvalue weighted by atomic mass is 10.1. The molecule has 0 aliphatic carbocycles. The van der Waals surface area contributed by atoms with Gasteiger partial charge in [-0.3, -0.25) is 19.3 Å². The molecular formula is C12H9N3O4. The predicted octanol–water partition coefficient (Wildman–Crippen LogP) is -0.0314. The van der Waals surface area contributed by atoms with E-state index in [2.05, 4.69) is 5.32 Å². The molecule has 1 saturated heterocycles. The second-order valence-electron chi connectivity index (χ2n) is 4.29. The fourth-order valence-electron chi connectivity index (χ4n) is 2.17. The number of hydrogen-bond acceptors (Lipinski definition) is 4. The molecule has 0 aromatic heterocycles. The molecule has 1 aromatic carbocycles. The molecule has 7 heteroatoms. The van der Waals surface area contributed by atoms with Gasteiger partial charge in [0.2, 0.25) is 0 Å². The van der Waals surface area contributed by atoms with Crippen LogP contribution in [0.3, 0.4) is 0 Å². The van der Waals surface area contributed by atoms with Crippen molar-refractivity contribution in [3.63, 3.8) is 0 Å². The van der Waals surface area contributed by atoms with Crippen LogP contribution in [0, 0.1) is 0 Å². The van der Waals surface area contributed by atoms with Crippen LogP contribution in [0.5, 0.6) is 0 Å². The fourth-order valence-corrected chi connectivity index (χ4v) is 2.17. The van der Waals surface area contributed by atoms with Crippen molar-refractivity contribution in [1.29, 1.82) is 0 Å². The van der Waals surface area contributed by atoms with E-state index < -0.39 is 17.8 Å². The zero-order chi connectivity index (χ0) is 13.7. The maximum atomic E-state index is 11.8. The first-order valence-electron chi connectivity index (χ1n) is 5.58. The summed E-state index contributed by atoms with van der Waals surface area (Å²) in [6.07, 6.45) is 0. The Hall–Kier alpha value is -2.70. The molecule has 1 N–H and O–H groups in total. The summed E-state index contributed by atoms with van der Waals surface area (Å²) in [6, 6.07) is 3.79. The molecule has 3 rings (SSSR count). The van der Waals surface area contributed by atoms with E-state index in [1.807, 2.05) is 0 Å². The monoisotopic (exact) mass is 259 g/mol. The van der Waals surface area contributed by atoms with Crippen molar-refractivity contribution in [2.75, 3.05) is 18.5 Å². The van der Waals surface area contributed by atoms with E-state index in [-0.39, 0.29) is 29.3 Å². The van der Waals surface area contributed by atoms with E-state index in [1.165, 1.54) is 25.2 Å². The van der Waals surface area contributed by atoms with Crippen LogP contribution in [-0.4, -0.2) is 42.2 Å². The third kappa shape index (κ3) is 1.44. The van der Waals surface area contributed by atoms with Crippen molar-refractivity contribution in [1.82, 2.24) is 10.2 Å². The Morgan fingerprint density at radius 2 is 1.74 bits per heavy atom. The second kappa shape index (κ2) is 3.64. The summed E-state index contributed by atoms with van der Waals surface area (Å²) in [7, 11) is 1.39. The van der Waals surface area contributed by atoms with Crippen molar-refractivity contribution in [2.24, 2.45) is 0 Å². The van der Waals surface area contributed by atoms with E-state index in [0.717, 1.165) is 9.80 Å². The minimum absolute atomic E-state index is 0.0668. The van der Waals surface area contributed by atoms with E-state index >= 15 is 0 Å². The second-order valence-corrected chi connectivity index (χ2v) is 4.29. The molecule has 0 unspecified atom stereocenters. The van der Waals surface area contributed by atoms with Gasteiger partial charge in [-0.2, -0.15) is 0 Å². The molecule has 5 amide bonds. The van der Waals surface area contributed by atoms with Crippen molar-refractivity contribution in [3.05, 3.63) is 29.3 Å². The van der Waals surface area contributed by atoms with Crippen molar-refractivity contribution >= 4 is 29.4 Å². The Morgan fingerprint density at radius 3 is 2.37 bits per heavy atom. The molecule has 0 saturated carbocycles. The lowest BCUT2D eigenvalue weighted by molar-refractivity contribution is -0.115. The third-order valence-corrected chi connectivity index (χ3v) is 3.17. The highest BCUT2D eigenvalue weighted by Crippen LogP contribution is 2.27. The van der Waals surface area contributed by atoms with Crippen molar-refractivity contribution in [3.8, 4) is 0 Å². The normalized spacial score (nSPS) is 18.2. The largest absolute Gasteiger partial charge is 0.329 e. The minimum atomic E-state index is -0.532. The van der Waals surface area contributed by atoms with Crippen LogP contribution in [0.2, 0.25) is 0 Å². The molecule has 2 aliphatic rings. The Bertz CT molecular complexity index is 636. The summed E-state index contributed by atoms with van der Waals surface area (Å²) in [5.74, 6) is -1.22. The van der Waals surface area contributed by atoms with Gasteiger partial charge in [0.05, 0.1) is 23.4 Å². The average molecular weight is 259 g/mol. The fraction of sp³-hybridized carbons (Fsp3) is 0.167. The summed E-state index contributed by atoms with van der Waals surface area (Å²) in [5.41, 5.74) is 0.774. The molecule has 0 spiro atoms. The van der Waals surface area contributed by atoms with Gasteiger partial charge in [0.25, 0.3) is 17.7 Å². The molecule has 2 heterocycles. The molecule has 1 aromatic rings. The minimum Gasteiger partial charge on any atom is -0.328 e. The molecule has 0 atom stereocenters. The number of amides is 5. The van der Waals surface area contributed by atoms with Crippen LogP contribution in [0.1, 0.15) is 20.7 Å². The molecule has 0 bridgehead atoms. The van der Waals surface area contributed by atoms with Gasteiger partial charge in [-0.15, -0.1) is 0 Å². The Balaban J connectivity index is 2.09. The maximum absolute atomic E-state index is 11.8. The summed E-state index contributed by atoms with van der Waals surface area (Å²) < 4.78 is 0. The molecule has 7 nitrogen and oxygen atoms in total. The number of urea groups is 1. The van der Waals surface area contributed by atoms with Gasteiger partial charge in [-0.1, -0.05) is 0 Å². The predicted molar refractivity (Wildman–Crippen MR) is 63.8 cm³/mol. The first-order chi connectivity index (χ1) is 9.00. The quantitative estimate of drug-likeness (QED) is 0.566. The number of benzene rings is 1. The van der Waals surface area contributed by atoms with Crippen molar-refractivity contribution < 1.29 is 19.2 Å². The smallest absolute Gasteiger partial charge is 0.328 e. The van der Waals surface area contributed by atoms with Gasteiger partial charge in [0.15, 0.2) is 0 Å². The summed E-state index contributed by atoms with van der Waals surface area (Å²) in [6.45, 7) is -0.0668. The molecule has 96 valence electrons. The van der Waals surface area contributed by atoms with E-state index in [9.17, 15) is 19.2 Å². The molecule has 19 heavy (non-hydrogen) atoms. The number of carbonyl (C=O) groups excluding carboxylic acids is 4. The van der Waals surface area contributed by atoms with Crippen LogP contribution in [0.4, 0.5) is 10.5 Å². The van der Waals surface area contributed by atoms with Gasteiger partial charge in [0.1, 0.15) is 0 Å². The van der Waals surface area contributed by atoms with E-state index in [0.29, 0.717) is 0 Å². The highest BCUT2D eigenvalue weighted by atomic mass is 16.2. The summed E-state index contributed by atoms with van der Waals surface area (Å²) in [5, 5.41) is 2.39. The Labute approximate surface area is 107 Å².